The molecule has 5 rings (SSSR count). The first kappa shape index (κ1) is 25.5. The largest absolute Gasteiger partial charge is 0.480 e. The number of hydrogen-bond acceptors (Lipinski definition) is 5. The molecule has 1 fully saturated rings. The van der Waals surface area contributed by atoms with Gasteiger partial charge in [-0.3, -0.25) is 4.79 Å². The van der Waals surface area contributed by atoms with Crippen LogP contribution >= 0.6 is 11.3 Å². The van der Waals surface area contributed by atoms with E-state index in [2.05, 4.69) is 5.32 Å². The molecule has 4 unspecified atom stereocenters. The number of carboxylic acid groups (broad SMARTS) is 1. The van der Waals surface area contributed by atoms with Crippen molar-refractivity contribution in [3.05, 3.63) is 111 Å². The number of nitrogens with zero attached hydrogens (tertiary/aromatic N) is 1. The van der Waals surface area contributed by atoms with E-state index in [4.69, 9.17) is 4.42 Å². The van der Waals surface area contributed by atoms with E-state index in [9.17, 15) is 19.5 Å². The third-order valence-corrected chi connectivity index (χ3v) is 8.21. The highest BCUT2D eigenvalue weighted by Gasteiger charge is 2.58. The Labute approximate surface area is 224 Å². The number of anilines is 1. The van der Waals surface area contributed by atoms with Crippen molar-refractivity contribution < 1.29 is 23.9 Å². The van der Waals surface area contributed by atoms with Crippen LogP contribution in [0.2, 0.25) is 0 Å². The molecule has 0 saturated carbocycles. The molecule has 0 spiro atoms. The molecule has 0 bridgehead atoms. The molecule has 194 valence electrons. The molecule has 4 aromatic rings. The van der Waals surface area contributed by atoms with Crippen LogP contribution in [0.3, 0.4) is 0 Å². The number of para-hydroxylation sites is 1. The zero-order chi connectivity index (χ0) is 27.0. The highest BCUT2D eigenvalue weighted by atomic mass is 32.1. The van der Waals surface area contributed by atoms with Crippen LogP contribution in [0.4, 0.5) is 10.5 Å². The number of aliphatic carboxylic acids is 1. The molecule has 1 saturated heterocycles. The summed E-state index contributed by atoms with van der Waals surface area (Å²) < 4.78 is 5.73. The van der Waals surface area contributed by atoms with Gasteiger partial charge in [-0.05, 0) is 67.6 Å². The Morgan fingerprint density at radius 2 is 1.63 bits per heavy atom. The summed E-state index contributed by atoms with van der Waals surface area (Å²) >= 11 is 1.40. The van der Waals surface area contributed by atoms with Gasteiger partial charge < -0.3 is 19.7 Å². The van der Waals surface area contributed by atoms with Crippen molar-refractivity contribution in [1.82, 2.24) is 4.90 Å². The molecular formula is C30H28N2O5S. The summed E-state index contributed by atoms with van der Waals surface area (Å²) in [5, 5.41) is 15.3. The normalized spacial score (nSPS) is 20.9. The Hall–Kier alpha value is -4.17. The van der Waals surface area contributed by atoms with Gasteiger partial charge in [0.25, 0.3) is 0 Å². The van der Waals surface area contributed by atoms with E-state index < -0.39 is 35.9 Å². The fraction of sp³-hybridized carbons (Fsp3) is 0.233. The van der Waals surface area contributed by atoms with Gasteiger partial charge in [-0.25, -0.2) is 9.59 Å². The molecule has 0 aliphatic carbocycles. The molecule has 2 aromatic heterocycles. The van der Waals surface area contributed by atoms with Gasteiger partial charge in [-0.15, -0.1) is 11.3 Å². The number of aryl methyl sites for hydroxylation is 3. The smallest absolute Gasteiger partial charge is 0.327 e. The highest BCUT2D eigenvalue weighted by molar-refractivity contribution is 7.10. The van der Waals surface area contributed by atoms with Crippen molar-refractivity contribution in [2.24, 2.45) is 5.92 Å². The Kier molecular flexibility index (Phi) is 6.91. The van der Waals surface area contributed by atoms with Crippen LogP contribution in [0, 0.1) is 26.7 Å². The number of carboxylic acids is 1. The first-order valence-electron chi connectivity index (χ1n) is 12.3. The van der Waals surface area contributed by atoms with Gasteiger partial charge in [0.05, 0.1) is 12.0 Å². The van der Waals surface area contributed by atoms with Crippen molar-refractivity contribution in [2.45, 2.75) is 38.8 Å². The zero-order valence-corrected chi connectivity index (χ0v) is 22.1. The second kappa shape index (κ2) is 10.3. The summed E-state index contributed by atoms with van der Waals surface area (Å²) in [5.74, 6) is -2.44. The molecule has 8 heteroatoms. The standard InChI is InChI=1S/C30H28N2O5S/c1-17-9-12-20(13-10-17)25-23(27(33)22-14-11-19(3)37-22)24(28-18(2)15-16-38-28)26(29(34)35)32(25)30(36)31-21-7-5-4-6-8-21/h4-16,23-26H,1-3H3,(H,31,36)(H,34,35). The summed E-state index contributed by atoms with van der Waals surface area (Å²) in [7, 11) is 0. The quantitative estimate of drug-likeness (QED) is 0.275. The number of likely N-dealkylation sites (tertiary alicyclic amines) is 1. The lowest BCUT2D eigenvalue weighted by Gasteiger charge is -2.30. The molecule has 0 radical (unpaired) electrons. The second-order valence-electron chi connectivity index (χ2n) is 9.64. The first-order valence-corrected chi connectivity index (χ1v) is 13.2. The predicted octanol–water partition coefficient (Wildman–Crippen LogP) is 6.59. The second-order valence-corrected chi connectivity index (χ2v) is 10.6. The number of urea groups is 1. The van der Waals surface area contributed by atoms with Crippen LogP contribution in [0.25, 0.3) is 0 Å². The zero-order valence-electron chi connectivity index (χ0n) is 21.3. The van der Waals surface area contributed by atoms with E-state index in [-0.39, 0.29) is 11.5 Å². The Bertz CT molecular complexity index is 1470. The molecule has 1 aliphatic heterocycles. The third-order valence-electron chi connectivity index (χ3n) is 7.09. The number of carbonyl (C=O) groups is 3. The molecule has 1 aliphatic rings. The van der Waals surface area contributed by atoms with Crippen LogP contribution in [-0.4, -0.2) is 33.8 Å². The number of carbonyl (C=O) groups excluding carboxylic acids is 2. The number of Topliss-reactive ketones (excluding diaryl/α,β-unsaturated/α-hetero) is 1. The number of rotatable bonds is 6. The van der Waals surface area contributed by atoms with Crippen LogP contribution in [-0.2, 0) is 4.79 Å². The maximum atomic E-state index is 14.2. The van der Waals surface area contributed by atoms with Crippen molar-refractivity contribution in [2.75, 3.05) is 5.32 Å². The van der Waals surface area contributed by atoms with Gasteiger partial charge in [0.15, 0.2) is 5.76 Å². The van der Waals surface area contributed by atoms with Crippen molar-refractivity contribution in [1.29, 1.82) is 0 Å². The van der Waals surface area contributed by atoms with Gasteiger partial charge >= 0.3 is 12.0 Å². The number of ketones is 1. The van der Waals surface area contributed by atoms with Crippen molar-refractivity contribution in [3.63, 3.8) is 0 Å². The van der Waals surface area contributed by atoms with Gasteiger partial charge in [0.2, 0.25) is 5.78 Å². The number of nitrogens with one attached hydrogen (secondary N) is 1. The fourth-order valence-electron chi connectivity index (χ4n) is 5.35. The van der Waals surface area contributed by atoms with Crippen molar-refractivity contribution >= 4 is 34.8 Å². The summed E-state index contributed by atoms with van der Waals surface area (Å²) in [4.78, 5) is 43.2. The minimum Gasteiger partial charge on any atom is -0.480 e. The molecule has 2 amide bonds. The van der Waals surface area contributed by atoms with E-state index in [1.807, 2.05) is 55.6 Å². The van der Waals surface area contributed by atoms with E-state index in [0.717, 1.165) is 16.0 Å². The number of hydrogen-bond donors (Lipinski definition) is 2. The highest BCUT2D eigenvalue weighted by Crippen LogP contribution is 2.53. The lowest BCUT2D eigenvalue weighted by atomic mass is 9.79. The average molecular weight is 529 g/mol. The summed E-state index contributed by atoms with van der Waals surface area (Å²) in [5.41, 5.74) is 3.11. The Balaban J connectivity index is 1.72. The maximum Gasteiger partial charge on any atom is 0.327 e. The summed E-state index contributed by atoms with van der Waals surface area (Å²) in [6, 6.07) is 18.9. The lowest BCUT2D eigenvalue weighted by molar-refractivity contribution is -0.142. The minimum atomic E-state index is -1.28. The Morgan fingerprint density at radius 3 is 2.21 bits per heavy atom. The lowest BCUT2D eigenvalue weighted by Crippen LogP contribution is -2.45. The van der Waals surface area contributed by atoms with Gasteiger partial charge in [0.1, 0.15) is 11.8 Å². The molecule has 2 aromatic carbocycles. The van der Waals surface area contributed by atoms with Crippen LogP contribution in [0.5, 0.6) is 0 Å². The molecule has 7 nitrogen and oxygen atoms in total. The third kappa shape index (κ3) is 4.63. The van der Waals surface area contributed by atoms with Gasteiger partial charge in [-0.1, -0.05) is 48.0 Å². The molecular weight excluding hydrogens is 500 g/mol. The van der Waals surface area contributed by atoms with E-state index in [1.54, 1.807) is 43.3 Å². The van der Waals surface area contributed by atoms with Gasteiger partial charge in [0, 0.05) is 16.5 Å². The van der Waals surface area contributed by atoms with E-state index in [1.165, 1.54) is 16.2 Å². The van der Waals surface area contributed by atoms with Crippen molar-refractivity contribution in [3.8, 4) is 0 Å². The average Bonchev–Trinajstić information content (AvgIpc) is 3.61. The Morgan fingerprint density at radius 1 is 0.921 bits per heavy atom. The van der Waals surface area contributed by atoms with Gasteiger partial charge in [-0.2, -0.15) is 0 Å². The number of thiophene rings is 1. The fourth-order valence-corrected chi connectivity index (χ4v) is 6.45. The van der Waals surface area contributed by atoms with Crippen LogP contribution < -0.4 is 5.32 Å². The molecule has 38 heavy (non-hydrogen) atoms. The number of amides is 2. The van der Waals surface area contributed by atoms with E-state index >= 15 is 0 Å². The summed E-state index contributed by atoms with van der Waals surface area (Å²) in [6.07, 6.45) is 0. The predicted molar refractivity (Wildman–Crippen MR) is 146 cm³/mol. The molecule has 4 atom stereocenters. The molecule has 3 heterocycles. The van der Waals surface area contributed by atoms with E-state index in [0.29, 0.717) is 17.0 Å². The monoisotopic (exact) mass is 528 g/mol. The number of benzene rings is 2. The summed E-state index contributed by atoms with van der Waals surface area (Å²) in [6.45, 7) is 5.60. The molecule has 2 N–H and O–H groups in total. The van der Waals surface area contributed by atoms with Crippen LogP contribution in [0.15, 0.2) is 82.6 Å². The topological polar surface area (TPSA) is 99.8 Å². The number of furan rings is 1. The van der Waals surface area contributed by atoms with Crippen LogP contribution in [0.1, 0.15) is 49.8 Å². The SMILES string of the molecule is Cc1ccc(C2C(C(=O)c3ccc(C)o3)C(c3sccc3C)C(C(=O)O)N2C(=O)Nc2ccccc2)cc1. The first-order chi connectivity index (χ1) is 18.3. The minimum absolute atomic E-state index is 0.151. The maximum absolute atomic E-state index is 14.2.